The molecule has 0 aliphatic heterocycles. The van der Waals surface area contributed by atoms with Crippen LogP contribution in [0.4, 0.5) is 0 Å². The number of carbonyl (C=O) groups excluding carboxylic acids is 2. The molecule has 0 heterocycles. The lowest BCUT2D eigenvalue weighted by molar-refractivity contribution is -0.129. The Hall–Kier alpha value is -1.14. The van der Waals surface area contributed by atoms with E-state index in [4.69, 9.17) is 5.11 Å². The highest BCUT2D eigenvalue weighted by molar-refractivity contribution is 5.79. The van der Waals surface area contributed by atoms with Gasteiger partial charge in [-0.1, -0.05) is 6.92 Å². The molecule has 16 heavy (non-hydrogen) atoms. The summed E-state index contributed by atoms with van der Waals surface area (Å²) in [7, 11) is 0. The van der Waals surface area contributed by atoms with Crippen molar-refractivity contribution in [2.24, 2.45) is 5.92 Å². The number of hydrogen-bond donors (Lipinski definition) is 4. The van der Waals surface area contributed by atoms with Crippen LogP contribution in [0.15, 0.2) is 0 Å². The number of carbonyl (C=O) groups is 2. The van der Waals surface area contributed by atoms with Crippen LogP contribution in [-0.2, 0) is 9.59 Å². The molecule has 2 amide bonds. The second-order valence-electron chi connectivity index (χ2n) is 3.95. The molecule has 0 fully saturated rings. The molecule has 0 aromatic carbocycles. The van der Waals surface area contributed by atoms with Gasteiger partial charge in [-0.2, -0.15) is 0 Å². The quantitative estimate of drug-likeness (QED) is 0.406. The first-order valence-corrected chi connectivity index (χ1v) is 5.23. The van der Waals surface area contributed by atoms with Gasteiger partial charge in [-0.05, 0) is 13.8 Å². The zero-order chi connectivity index (χ0) is 12.7. The summed E-state index contributed by atoms with van der Waals surface area (Å²) < 4.78 is 0. The number of nitrogens with one attached hydrogen (secondary N) is 2. The zero-order valence-corrected chi connectivity index (χ0v) is 9.80. The molecule has 4 unspecified atom stereocenters. The normalized spacial score (nSPS) is 18.1. The Balaban J connectivity index is 4.15. The Morgan fingerprint density at radius 1 is 1.31 bits per heavy atom. The van der Waals surface area contributed by atoms with Crippen molar-refractivity contribution < 1.29 is 19.8 Å². The van der Waals surface area contributed by atoms with Crippen LogP contribution in [0.25, 0.3) is 0 Å². The largest absolute Gasteiger partial charge is 0.392 e. The van der Waals surface area contributed by atoms with Crippen molar-refractivity contribution in [2.45, 2.75) is 39.0 Å². The molecule has 0 saturated carbocycles. The average molecular weight is 232 g/mol. The van der Waals surface area contributed by atoms with Gasteiger partial charge in [-0.25, -0.2) is 0 Å². The van der Waals surface area contributed by atoms with E-state index >= 15 is 0 Å². The monoisotopic (exact) mass is 232 g/mol. The number of hydrogen-bond acceptors (Lipinski definition) is 4. The van der Waals surface area contributed by atoms with Gasteiger partial charge in [-0.3, -0.25) is 9.59 Å². The topological polar surface area (TPSA) is 98.7 Å². The molecule has 6 heteroatoms. The van der Waals surface area contributed by atoms with Crippen LogP contribution in [0.3, 0.4) is 0 Å². The van der Waals surface area contributed by atoms with Gasteiger partial charge >= 0.3 is 0 Å². The van der Waals surface area contributed by atoms with E-state index in [2.05, 4.69) is 10.6 Å². The van der Waals surface area contributed by atoms with Crippen molar-refractivity contribution in [2.75, 3.05) is 6.54 Å². The first kappa shape index (κ1) is 14.9. The minimum atomic E-state index is -0.959. The molecule has 0 aromatic rings. The third-order valence-corrected chi connectivity index (χ3v) is 2.34. The number of rotatable bonds is 7. The second kappa shape index (κ2) is 7.19. The van der Waals surface area contributed by atoms with Crippen molar-refractivity contribution in [1.82, 2.24) is 10.6 Å². The summed E-state index contributed by atoms with van der Waals surface area (Å²) in [5.74, 6) is -1.01. The van der Waals surface area contributed by atoms with Gasteiger partial charge in [0.2, 0.25) is 12.3 Å². The minimum absolute atomic E-state index is 0.144. The molecule has 0 saturated heterocycles. The van der Waals surface area contributed by atoms with Crippen molar-refractivity contribution in [3.05, 3.63) is 0 Å². The van der Waals surface area contributed by atoms with E-state index in [1.54, 1.807) is 20.8 Å². The highest BCUT2D eigenvalue weighted by Crippen LogP contribution is 2.07. The van der Waals surface area contributed by atoms with E-state index in [0.29, 0.717) is 6.41 Å². The molecule has 0 bridgehead atoms. The van der Waals surface area contributed by atoms with E-state index < -0.39 is 24.2 Å². The number of aliphatic hydroxyl groups is 2. The minimum Gasteiger partial charge on any atom is -0.392 e. The number of amides is 2. The van der Waals surface area contributed by atoms with Crippen LogP contribution in [0.2, 0.25) is 0 Å². The maximum Gasteiger partial charge on any atom is 0.225 e. The predicted octanol–water partition coefficient (Wildman–Crippen LogP) is -1.39. The molecule has 4 N–H and O–H groups in total. The molecule has 0 aromatic heterocycles. The fourth-order valence-electron chi connectivity index (χ4n) is 1.20. The zero-order valence-electron chi connectivity index (χ0n) is 9.80. The summed E-state index contributed by atoms with van der Waals surface area (Å²) in [6, 6.07) is -0.496. The Morgan fingerprint density at radius 2 is 1.88 bits per heavy atom. The maximum absolute atomic E-state index is 11.5. The fourth-order valence-corrected chi connectivity index (χ4v) is 1.20. The van der Waals surface area contributed by atoms with Crippen molar-refractivity contribution in [3.63, 3.8) is 0 Å². The summed E-state index contributed by atoms with van der Waals surface area (Å²) in [6.45, 7) is 4.87. The van der Waals surface area contributed by atoms with E-state index in [1.807, 2.05) is 0 Å². The highest BCUT2D eigenvalue weighted by atomic mass is 16.3. The third kappa shape index (κ3) is 5.09. The molecule has 0 spiro atoms. The fraction of sp³-hybridized carbons (Fsp3) is 0.800. The summed E-state index contributed by atoms with van der Waals surface area (Å²) >= 11 is 0. The standard InChI is InChI=1S/C10H20N2O4/c1-6(14)4-11-10(16)7(2)9(15)8(3)12-5-13/h5-9,14-15H,4H2,1-3H3,(H,11,16)(H,12,13). The molecule has 6 nitrogen and oxygen atoms in total. The van der Waals surface area contributed by atoms with Gasteiger partial charge in [0.05, 0.1) is 24.2 Å². The SMILES string of the molecule is CC(O)CNC(=O)C(C)C(O)C(C)NC=O. The molecule has 0 aliphatic carbocycles. The van der Waals surface area contributed by atoms with Crippen molar-refractivity contribution >= 4 is 12.3 Å². The predicted molar refractivity (Wildman–Crippen MR) is 58.5 cm³/mol. The van der Waals surface area contributed by atoms with E-state index in [0.717, 1.165) is 0 Å². The van der Waals surface area contributed by atoms with Crippen molar-refractivity contribution in [1.29, 1.82) is 0 Å². The van der Waals surface area contributed by atoms with Crippen LogP contribution >= 0.6 is 0 Å². The molecular weight excluding hydrogens is 212 g/mol. The molecule has 0 radical (unpaired) electrons. The lowest BCUT2D eigenvalue weighted by Crippen LogP contribution is -2.46. The van der Waals surface area contributed by atoms with Gasteiger partial charge in [0.25, 0.3) is 0 Å². The first-order chi connectivity index (χ1) is 7.40. The van der Waals surface area contributed by atoms with E-state index in [9.17, 15) is 14.7 Å². The van der Waals surface area contributed by atoms with Crippen LogP contribution < -0.4 is 10.6 Å². The van der Waals surface area contributed by atoms with E-state index in [1.165, 1.54) is 0 Å². The summed E-state index contributed by atoms with van der Waals surface area (Å²) in [6.07, 6.45) is -1.10. The van der Waals surface area contributed by atoms with Crippen molar-refractivity contribution in [3.8, 4) is 0 Å². The van der Waals surface area contributed by atoms with Gasteiger partial charge in [0, 0.05) is 6.54 Å². The van der Waals surface area contributed by atoms with Crippen LogP contribution in [0, 0.1) is 5.92 Å². The van der Waals surface area contributed by atoms with Gasteiger partial charge in [-0.15, -0.1) is 0 Å². The lowest BCUT2D eigenvalue weighted by Gasteiger charge is -2.23. The van der Waals surface area contributed by atoms with E-state index in [-0.39, 0.29) is 12.5 Å². The summed E-state index contributed by atoms with van der Waals surface area (Å²) in [4.78, 5) is 21.7. The summed E-state index contributed by atoms with van der Waals surface area (Å²) in [5, 5.41) is 23.6. The Bertz CT molecular complexity index is 233. The molecular formula is C10H20N2O4. The van der Waals surface area contributed by atoms with Crippen LogP contribution in [-0.4, -0.2) is 47.3 Å². The molecule has 4 atom stereocenters. The maximum atomic E-state index is 11.5. The van der Waals surface area contributed by atoms with Gasteiger partial charge < -0.3 is 20.8 Å². The van der Waals surface area contributed by atoms with Gasteiger partial charge in [0.1, 0.15) is 0 Å². The Kier molecular flexibility index (Phi) is 6.67. The van der Waals surface area contributed by atoms with Crippen LogP contribution in [0.1, 0.15) is 20.8 Å². The summed E-state index contributed by atoms with van der Waals surface area (Å²) in [5.41, 5.74) is 0. The highest BCUT2D eigenvalue weighted by Gasteiger charge is 2.26. The van der Waals surface area contributed by atoms with Crippen LogP contribution in [0.5, 0.6) is 0 Å². The third-order valence-electron chi connectivity index (χ3n) is 2.34. The molecule has 0 aliphatic rings. The van der Waals surface area contributed by atoms with Gasteiger partial charge in [0.15, 0.2) is 0 Å². The Morgan fingerprint density at radius 3 is 2.31 bits per heavy atom. The lowest BCUT2D eigenvalue weighted by atomic mass is 9.98. The Labute approximate surface area is 95.0 Å². The smallest absolute Gasteiger partial charge is 0.225 e. The second-order valence-corrected chi connectivity index (χ2v) is 3.95. The molecule has 94 valence electrons. The first-order valence-electron chi connectivity index (χ1n) is 5.23. The average Bonchev–Trinajstić information content (AvgIpc) is 2.23. The number of aliphatic hydroxyl groups excluding tert-OH is 2. The molecule has 0 rings (SSSR count).